The lowest BCUT2D eigenvalue weighted by molar-refractivity contribution is 0.122. The van der Waals surface area contributed by atoms with Crippen LogP contribution < -0.4 is 4.90 Å². The van der Waals surface area contributed by atoms with Crippen LogP contribution in [0.2, 0.25) is 5.02 Å². The van der Waals surface area contributed by atoms with Gasteiger partial charge in [-0.3, -0.25) is 0 Å². The molecule has 82 valence electrons. The Balaban J connectivity index is 2.31. The van der Waals surface area contributed by atoms with Crippen LogP contribution in [0.15, 0.2) is 18.2 Å². The fraction of sp³-hybridized carbons (Fsp3) is 0.455. The first kappa shape index (κ1) is 11.2. The van der Waals surface area contributed by atoms with E-state index in [1.807, 2.05) is 12.1 Å². The summed E-state index contributed by atoms with van der Waals surface area (Å²) in [6.45, 7) is 3.41. The Morgan fingerprint density at radius 3 is 2.73 bits per heavy atom. The second-order valence-corrected chi connectivity index (χ2v) is 4.45. The summed E-state index contributed by atoms with van der Waals surface area (Å²) in [7, 11) is 0. The van der Waals surface area contributed by atoms with Crippen LogP contribution in [-0.4, -0.2) is 26.3 Å². The Hall–Kier alpha value is -0.250. The van der Waals surface area contributed by atoms with Crippen molar-refractivity contribution in [3.63, 3.8) is 0 Å². The van der Waals surface area contributed by atoms with E-state index in [2.05, 4.69) is 26.9 Å². The lowest BCUT2D eigenvalue weighted by Crippen LogP contribution is -2.36. The fourth-order valence-corrected chi connectivity index (χ4v) is 2.58. The molecule has 1 aliphatic heterocycles. The minimum Gasteiger partial charge on any atom is -0.378 e. The molecule has 0 spiro atoms. The summed E-state index contributed by atoms with van der Waals surface area (Å²) in [5, 5.41) is 1.66. The third-order valence-corrected chi connectivity index (χ3v) is 3.45. The second kappa shape index (κ2) is 5.19. The van der Waals surface area contributed by atoms with Crippen molar-refractivity contribution in [2.24, 2.45) is 0 Å². The molecular weight excluding hydrogens is 277 g/mol. The number of halogens is 2. The molecule has 0 amide bonds. The zero-order valence-corrected chi connectivity index (χ0v) is 10.7. The van der Waals surface area contributed by atoms with Crippen LogP contribution in [0.4, 0.5) is 5.69 Å². The van der Waals surface area contributed by atoms with Crippen LogP contribution in [-0.2, 0) is 10.1 Å². The average molecular weight is 291 g/mol. The molecule has 2 rings (SSSR count). The molecule has 0 N–H and O–H groups in total. The normalized spacial score (nSPS) is 16.8. The van der Waals surface area contributed by atoms with Gasteiger partial charge >= 0.3 is 0 Å². The van der Waals surface area contributed by atoms with E-state index in [9.17, 15) is 0 Å². The molecule has 1 saturated heterocycles. The largest absolute Gasteiger partial charge is 0.378 e. The summed E-state index contributed by atoms with van der Waals surface area (Å²) in [5.41, 5.74) is 2.39. The summed E-state index contributed by atoms with van der Waals surface area (Å²) in [6, 6.07) is 6.03. The molecule has 0 radical (unpaired) electrons. The van der Waals surface area contributed by atoms with Gasteiger partial charge in [0.15, 0.2) is 0 Å². The Morgan fingerprint density at radius 2 is 2.07 bits per heavy atom. The molecule has 1 fully saturated rings. The number of morpholine rings is 1. The van der Waals surface area contributed by atoms with Crippen LogP contribution in [0.1, 0.15) is 5.56 Å². The minimum atomic E-state index is 0.785. The van der Waals surface area contributed by atoms with E-state index in [1.54, 1.807) is 0 Å². The average Bonchev–Trinajstić information content (AvgIpc) is 2.29. The zero-order chi connectivity index (χ0) is 10.7. The van der Waals surface area contributed by atoms with Crippen molar-refractivity contribution in [2.75, 3.05) is 31.2 Å². The Kier molecular flexibility index (Phi) is 3.89. The molecule has 0 aromatic heterocycles. The maximum Gasteiger partial charge on any atom is 0.0642 e. The molecule has 0 unspecified atom stereocenters. The van der Waals surface area contributed by atoms with Crippen molar-refractivity contribution in [1.82, 2.24) is 0 Å². The van der Waals surface area contributed by atoms with E-state index in [0.29, 0.717) is 0 Å². The molecule has 1 aliphatic rings. The molecule has 0 aliphatic carbocycles. The highest BCUT2D eigenvalue weighted by molar-refractivity contribution is 9.08. The number of rotatable bonds is 2. The summed E-state index contributed by atoms with van der Waals surface area (Å²) >= 11 is 9.73. The van der Waals surface area contributed by atoms with Gasteiger partial charge in [-0.25, -0.2) is 0 Å². The molecule has 0 bridgehead atoms. The predicted molar refractivity (Wildman–Crippen MR) is 67.1 cm³/mol. The summed E-state index contributed by atoms with van der Waals surface area (Å²) in [6.07, 6.45) is 0. The third-order valence-electron chi connectivity index (χ3n) is 2.54. The standard InChI is InChI=1S/C11H13BrClNO/c12-8-9-2-1-3-10(13)11(9)14-4-6-15-7-5-14/h1-3H,4-8H2. The number of nitrogens with zero attached hydrogens (tertiary/aromatic N) is 1. The van der Waals surface area contributed by atoms with Gasteiger partial charge in [0.1, 0.15) is 0 Å². The molecule has 1 heterocycles. The second-order valence-electron chi connectivity index (χ2n) is 3.48. The molecular formula is C11H13BrClNO. The topological polar surface area (TPSA) is 12.5 Å². The van der Waals surface area contributed by atoms with Crippen LogP contribution in [0.5, 0.6) is 0 Å². The lowest BCUT2D eigenvalue weighted by Gasteiger charge is -2.31. The lowest BCUT2D eigenvalue weighted by atomic mass is 10.1. The van der Waals surface area contributed by atoms with Crippen LogP contribution in [0.3, 0.4) is 0 Å². The highest BCUT2D eigenvalue weighted by atomic mass is 79.9. The quantitative estimate of drug-likeness (QED) is 0.776. The Morgan fingerprint density at radius 1 is 1.33 bits per heavy atom. The number of benzene rings is 1. The molecule has 1 aromatic carbocycles. The van der Waals surface area contributed by atoms with Gasteiger partial charge in [0.2, 0.25) is 0 Å². The van der Waals surface area contributed by atoms with Crippen LogP contribution >= 0.6 is 27.5 Å². The summed E-state index contributed by atoms with van der Waals surface area (Å²) in [4.78, 5) is 2.29. The fourth-order valence-electron chi connectivity index (χ4n) is 1.81. The monoisotopic (exact) mass is 289 g/mol. The number of para-hydroxylation sites is 1. The van der Waals surface area contributed by atoms with Gasteiger partial charge in [-0.1, -0.05) is 39.7 Å². The molecule has 0 atom stereocenters. The number of ether oxygens (including phenoxy) is 1. The first-order valence-corrected chi connectivity index (χ1v) is 6.49. The smallest absolute Gasteiger partial charge is 0.0642 e. The summed E-state index contributed by atoms with van der Waals surface area (Å²) < 4.78 is 5.34. The van der Waals surface area contributed by atoms with Gasteiger partial charge in [0.05, 0.1) is 23.9 Å². The molecule has 0 saturated carbocycles. The minimum absolute atomic E-state index is 0.785. The summed E-state index contributed by atoms with van der Waals surface area (Å²) in [5.74, 6) is 0. The van der Waals surface area contributed by atoms with Gasteiger partial charge in [-0.2, -0.15) is 0 Å². The van der Waals surface area contributed by atoms with E-state index in [1.165, 1.54) is 5.56 Å². The maximum absolute atomic E-state index is 6.24. The van der Waals surface area contributed by atoms with Crippen molar-refractivity contribution < 1.29 is 4.74 Å². The molecule has 4 heteroatoms. The van der Waals surface area contributed by atoms with Crippen molar-refractivity contribution in [2.45, 2.75) is 5.33 Å². The van der Waals surface area contributed by atoms with E-state index in [0.717, 1.165) is 42.3 Å². The van der Waals surface area contributed by atoms with E-state index in [4.69, 9.17) is 16.3 Å². The number of hydrogen-bond acceptors (Lipinski definition) is 2. The van der Waals surface area contributed by atoms with Crippen molar-refractivity contribution in [3.05, 3.63) is 28.8 Å². The van der Waals surface area contributed by atoms with Crippen LogP contribution in [0.25, 0.3) is 0 Å². The van der Waals surface area contributed by atoms with Crippen molar-refractivity contribution in [3.8, 4) is 0 Å². The van der Waals surface area contributed by atoms with Gasteiger partial charge in [0, 0.05) is 18.4 Å². The van der Waals surface area contributed by atoms with Gasteiger partial charge in [0.25, 0.3) is 0 Å². The molecule has 1 aromatic rings. The van der Waals surface area contributed by atoms with Crippen LogP contribution in [0, 0.1) is 0 Å². The van der Waals surface area contributed by atoms with E-state index in [-0.39, 0.29) is 0 Å². The van der Waals surface area contributed by atoms with Gasteiger partial charge in [-0.05, 0) is 11.6 Å². The first-order valence-electron chi connectivity index (χ1n) is 4.99. The van der Waals surface area contributed by atoms with E-state index >= 15 is 0 Å². The third kappa shape index (κ3) is 2.47. The number of alkyl halides is 1. The highest BCUT2D eigenvalue weighted by Crippen LogP contribution is 2.31. The molecule has 15 heavy (non-hydrogen) atoms. The number of anilines is 1. The van der Waals surface area contributed by atoms with Crippen molar-refractivity contribution in [1.29, 1.82) is 0 Å². The van der Waals surface area contributed by atoms with Gasteiger partial charge in [-0.15, -0.1) is 0 Å². The SMILES string of the molecule is Clc1cccc(CBr)c1N1CCOCC1. The zero-order valence-electron chi connectivity index (χ0n) is 8.38. The predicted octanol–water partition coefficient (Wildman–Crippen LogP) is 3.07. The Bertz CT molecular complexity index is 339. The number of hydrogen-bond donors (Lipinski definition) is 0. The van der Waals surface area contributed by atoms with Gasteiger partial charge < -0.3 is 9.64 Å². The highest BCUT2D eigenvalue weighted by Gasteiger charge is 2.16. The maximum atomic E-state index is 6.24. The molecule has 2 nitrogen and oxygen atoms in total. The van der Waals surface area contributed by atoms with E-state index < -0.39 is 0 Å². The van der Waals surface area contributed by atoms with Crippen molar-refractivity contribution >= 4 is 33.2 Å². The Labute approximate surface area is 103 Å². The first-order chi connectivity index (χ1) is 7.33.